The maximum absolute atomic E-state index is 14.6. The molecule has 5 N–H and O–H groups in total. The van der Waals surface area contributed by atoms with Gasteiger partial charge in [0.05, 0.1) is 17.2 Å². The molecular formula is C22H20FN5O3S. The van der Waals surface area contributed by atoms with Crippen LogP contribution in [-0.2, 0) is 10.2 Å². The predicted molar refractivity (Wildman–Crippen MR) is 122 cm³/mol. The molecule has 4 rings (SSSR count). The zero-order chi connectivity index (χ0) is 23.2. The molecule has 10 heteroatoms. The summed E-state index contributed by atoms with van der Waals surface area (Å²) in [4.78, 5) is 41.5. The number of thiazole rings is 1. The van der Waals surface area contributed by atoms with E-state index in [1.807, 2.05) is 0 Å². The van der Waals surface area contributed by atoms with Gasteiger partial charge in [0.1, 0.15) is 10.7 Å². The Kier molecular flexibility index (Phi) is 5.17. The van der Waals surface area contributed by atoms with Crippen LogP contribution >= 0.6 is 11.3 Å². The molecule has 1 aliphatic rings. The molecule has 0 saturated carbocycles. The van der Waals surface area contributed by atoms with Crippen LogP contribution in [0.25, 0.3) is 0 Å². The van der Waals surface area contributed by atoms with Crippen molar-refractivity contribution in [2.75, 3.05) is 21.7 Å². The fourth-order valence-corrected chi connectivity index (χ4v) is 3.99. The van der Waals surface area contributed by atoms with Crippen molar-refractivity contribution in [2.45, 2.75) is 26.2 Å². The lowest BCUT2D eigenvalue weighted by Gasteiger charge is -2.16. The highest BCUT2D eigenvalue weighted by molar-refractivity contribution is 7.17. The third-order valence-electron chi connectivity index (χ3n) is 5.32. The summed E-state index contributed by atoms with van der Waals surface area (Å²) in [5.41, 5.74) is 7.15. The number of nitrogen functional groups attached to an aromatic ring is 1. The summed E-state index contributed by atoms with van der Waals surface area (Å²) in [5, 5.41) is 8.36. The first-order valence-corrected chi connectivity index (χ1v) is 10.5. The smallest absolute Gasteiger partial charge is 0.267 e. The van der Waals surface area contributed by atoms with Crippen molar-refractivity contribution in [1.29, 1.82) is 0 Å². The SMILES string of the molecule is Cc1cc(F)c(C(=O)Nc2ccc3c(c2)C(C)(C)C(=O)N3)cc1NC(=O)c1cnc(N)s1. The average molecular weight is 453 g/mol. The van der Waals surface area contributed by atoms with E-state index in [0.29, 0.717) is 27.5 Å². The van der Waals surface area contributed by atoms with Crippen LogP contribution in [0.2, 0.25) is 0 Å². The highest BCUT2D eigenvalue weighted by atomic mass is 32.1. The van der Waals surface area contributed by atoms with Gasteiger partial charge in [0, 0.05) is 17.1 Å². The van der Waals surface area contributed by atoms with E-state index in [-0.39, 0.29) is 16.6 Å². The fraction of sp³-hybridized carbons (Fsp3) is 0.182. The first-order valence-electron chi connectivity index (χ1n) is 9.66. The van der Waals surface area contributed by atoms with Gasteiger partial charge < -0.3 is 21.7 Å². The van der Waals surface area contributed by atoms with E-state index >= 15 is 0 Å². The molecule has 32 heavy (non-hydrogen) atoms. The minimum absolute atomic E-state index is 0.136. The van der Waals surface area contributed by atoms with Crippen LogP contribution < -0.4 is 21.7 Å². The van der Waals surface area contributed by atoms with Crippen LogP contribution in [0.3, 0.4) is 0 Å². The van der Waals surface area contributed by atoms with Gasteiger partial charge in [-0.05, 0) is 62.2 Å². The first kappa shape index (κ1) is 21.4. The number of benzene rings is 2. The lowest BCUT2D eigenvalue weighted by molar-refractivity contribution is -0.119. The summed E-state index contributed by atoms with van der Waals surface area (Å²) in [5.74, 6) is -2.00. The van der Waals surface area contributed by atoms with Gasteiger partial charge in [0.15, 0.2) is 5.13 Å². The van der Waals surface area contributed by atoms with Crippen molar-refractivity contribution in [1.82, 2.24) is 4.98 Å². The topological polar surface area (TPSA) is 126 Å². The number of hydrogen-bond donors (Lipinski definition) is 4. The highest BCUT2D eigenvalue weighted by Gasteiger charge is 2.38. The van der Waals surface area contributed by atoms with Crippen molar-refractivity contribution in [3.05, 3.63) is 63.9 Å². The number of rotatable bonds is 4. The average Bonchev–Trinajstić information content (AvgIpc) is 3.25. The first-order chi connectivity index (χ1) is 15.1. The molecule has 3 amide bonds. The lowest BCUT2D eigenvalue weighted by Crippen LogP contribution is -2.27. The van der Waals surface area contributed by atoms with Gasteiger partial charge in [-0.2, -0.15) is 0 Å². The Hall–Kier alpha value is -3.79. The highest BCUT2D eigenvalue weighted by Crippen LogP contribution is 2.38. The second-order valence-corrected chi connectivity index (χ2v) is 9.02. The number of amides is 3. The van der Waals surface area contributed by atoms with Crippen LogP contribution in [0.1, 0.15) is 45.0 Å². The summed E-state index contributed by atoms with van der Waals surface area (Å²) >= 11 is 1.02. The van der Waals surface area contributed by atoms with Crippen LogP contribution in [0, 0.1) is 12.7 Å². The van der Waals surface area contributed by atoms with Crippen molar-refractivity contribution in [3.63, 3.8) is 0 Å². The second kappa shape index (κ2) is 7.72. The lowest BCUT2D eigenvalue weighted by atomic mass is 9.86. The molecule has 164 valence electrons. The molecule has 0 atom stereocenters. The zero-order valence-corrected chi connectivity index (χ0v) is 18.3. The van der Waals surface area contributed by atoms with E-state index in [9.17, 15) is 18.8 Å². The molecule has 0 aliphatic carbocycles. The van der Waals surface area contributed by atoms with E-state index in [1.54, 1.807) is 39.0 Å². The van der Waals surface area contributed by atoms with E-state index in [4.69, 9.17) is 5.73 Å². The number of fused-ring (bicyclic) bond motifs is 1. The standard InChI is InChI=1S/C22H20FN5O3S/c1-10-6-14(23)12(8-16(10)27-19(30)17-9-25-21(24)32-17)18(29)26-11-4-5-15-13(7-11)22(2,3)20(31)28-15/h4-9H,1-3H3,(H2,24,25)(H,26,29)(H,27,30)(H,28,31). The maximum Gasteiger partial charge on any atom is 0.267 e. The molecule has 2 heterocycles. The molecular weight excluding hydrogens is 433 g/mol. The quantitative estimate of drug-likeness (QED) is 0.477. The summed E-state index contributed by atoms with van der Waals surface area (Å²) in [6, 6.07) is 7.47. The molecule has 1 aliphatic heterocycles. The Morgan fingerprint density at radius 1 is 1.16 bits per heavy atom. The van der Waals surface area contributed by atoms with Crippen molar-refractivity contribution >= 4 is 51.3 Å². The van der Waals surface area contributed by atoms with Crippen molar-refractivity contribution in [2.24, 2.45) is 0 Å². The van der Waals surface area contributed by atoms with E-state index in [0.717, 1.165) is 16.9 Å². The van der Waals surface area contributed by atoms with Crippen molar-refractivity contribution < 1.29 is 18.8 Å². The number of carbonyl (C=O) groups is 3. The minimum Gasteiger partial charge on any atom is -0.375 e. The normalized spacial score (nSPS) is 13.9. The van der Waals surface area contributed by atoms with Crippen LogP contribution in [0.15, 0.2) is 36.5 Å². The number of nitrogens with one attached hydrogen (secondary N) is 3. The fourth-order valence-electron chi connectivity index (χ4n) is 3.41. The number of carbonyl (C=O) groups excluding carboxylic acids is 3. The molecule has 0 bridgehead atoms. The Labute approximate surface area is 187 Å². The number of aromatic nitrogens is 1. The Morgan fingerprint density at radius 3 is 2.59 bits per heavy atom. The van der Waals surface area contributed by atoms with Crippen LogP contribution in [0.5, 0.6) is 0 Å². The summed E-state index contributed by atoms with van der Waals surface area (Å²) < 4.78 is 14.6. The van der Waals surface area contributed by atoms with Crippen LogP contribution in [0.4, 0.5) is 26.6 Å². The number of hydrogen-bond acceptors (Lipinski definition) is 6. The number of halogens is 1. The largest absolute Gasteiger partial charge is 0.375 e. The monoisotopic (exact) mass is 453 g/mol. The van der Waals surface area contributed by atoms with E-state index in [1.165, 1.54) is 18.3 Å². The molecule has 0 fully saturated rings. The van der Waals surface area contributed by atoms with E-state index in [2.05, 4.69) is 20.9 Å². The number of nitrogens with two attached hydrogens (primary N) is 1. The molecule has 2 aromatic carbocycles. The summed E-state index contributed by atoms with van der Waals surface area (Å²) in [6.45, 7) is 5.18. The molecule has 8 nitrogen and oxygen atoms in total. The van der Waals surface area contributed by atoms with Crippen molar-refractivity contribution in [3.8, 4) is 0 Å². The van der Waals surface area contributed by atoms with Crippen LogP contribution in [-0.4, -0.2) is 22.7 Å². The molecule has 0 spiro atoms. The Bertz CT molecular complexity index is 1280. The minimum atomic E-state index is -0.747. The number of anilines is 4. The predicted octanol–water partition coefficient (Wildman–Crippen LogP) is 3.91. The number of aryl methyl sites for hydroxylation is 1. The zero-order valence-electron chi connectivity index (χ0n) is 17.5. The second-order valence-electron chi connectivity index (χ2n) is 7.96. The van der Waals surface area contributed by atoms with Gasteiger partial charge >= 0.3 is 0 Å². The molecule has 1 aromatic heterocycles. The summed E-state index contributed by atoms with van der Waals surface area (Å²) in [6.07, 6.45) is 1.34. The van der Waals surface area contributed by atoms with Gasteiger partial charge in [-0.25, -0.2) is 9.37 Å². The number of nitrogens with zero attached hydrogens (tertiary/aromatic N) is 1. The maximum atomic E-state index is 14.6. The van der Waals surface area contributed by atoms with Gasteiger partial charge in [-0.15, -0.1) is 0 Å². The van der Waals surface area contributed by atoms with Gasteiger partial charge in [-0.3, -0.25) is 14.4 Å². The molecule has 0 radical (unpaired) electrons. The third kappa shape index (κ3) is 3.80. The Balaban J connectivity index is 1.58. The van der Waals surface area contributed by atoms with Gasteiger partial charge in [0.2, 0.25) is 5.91 Å². The summed E-state index contributed by atoms with van der Waals surface area (Å²) in [7, 11) is 0. The third-order valence-corrected chi connectivity index (χ3v) is 6.15. The molecule has 0 unspecified atom stereocenters. The Morgan fingerprint density at radius 2 is 1.91 bits per heavy atom. The molecule has 0 saturated heterocycles. The van der Waals surface area contributed by atoms with Gasteiger partial charge in [-0.1, -0.05) is 11.3 Å². The van der Waals surface area contributed by atoms with E-state index < -0.39 is 23.0 Å². The molecule has 3 aromatic rings. The van der Waals surface area contributed by atoms with Gasteiger partial charge in [0.25, 0.3) is 11.8 Å².